The number of anilines is 3. The summed E-state index contributed by atoms with van der Waals surface area (Å²) >= 11 is 0. The molecule has 3 aliphatic heterocycles. The lowest BCUT2D eigenvalue weighted by molar-refractivity contribution is -0.124. The van der Waals surface area contributed by atoms with Gasteiger partial charge in [-0.15, -0.1) is 0 Å². The van der Waals surface area contributed by atoms with Gasteiger partial charge >= 0.3 is 0 Å². The minimum absolute atomic E-state index is 0.0909. The highest BCUT2D eigenvalue weighted by Gasteiger charge is 2.61. The Bertz CT molecular complexity index is 1450. The van der Waals surface area contributed by atoms with E-state index < -0.39 is 53.8 Å². The van der Waals surface area contributed by atoms with Crippen LogP contribution in [0.2, 0.25) is 0 Å². The Morgan fingerprint density at radius 2 is 1.46 bits per heavy atom. The number of hydrogen-bond donors (Lipinski definition) is 0. The minimum Gasteiger partial charge on any atom is -0.360 e. The van der Waals surface area contributed by atoms with E-state index in [1.165, 1.54) is 6.20 Å². The Labute approximate surface area is 204 Å². The predicted molar refractivity (Wildman–Crippen MR) is 129 cm³/mol. The number of imide groups is 2. The summed E-state index contributed by atoms with van der Waals surface area (Å²) in [6, 6.07) is 18.8. The van der Waals surface area contributed by atoms with Crippen molar-refractivity contribution in [3.05, 3.63) is 84.7 Å². The molecule has 3 aliphatic rings. The minimum atomic E-state index is -2.15. The van der Waals surface area contributed by atoms with Crippen molar-refractivity contribution in [2.45, 2.75) is 18.3 Å². The molecular weight excluding hydrogens is 444 g/mol. The summed E-state index contributed by atoms with van der Waals surface area (Å²) in [6.45, 7) is 0. The molecule has 0 saturated carbocycles. The number of carbonyl (C=O) groups is 4. The number of likely N-dealkylation sites (N-methyl/N-ethyl adjacent to an activating group) is 1. The molecule has 174 valence electrons. The molecule has 1 aromatic heterocycles. The maximum atomic E-state index is 14.0. The Kier molecular flexibility index (Phi) is 4.28. The Balaban J connectivity index is 1.55. The van der Waals surface area contributed by atoms with Gasteiger partial charge < -0.3 is 4.90 Å². The highest BCUT2D eigenvalue weighted by Crippen LogP contribution is 2.51. The van der Waals surface area contributed by atoms with Crippen molar-refractivity contribution in [2.75, 3.05) is 21.7 Å². The maximum absolute atomic E-state index is 14.0. The van der Waals surface area contributed by atoms with Crippen LogP contribution in [0.3, 0.4) is 0 Å². The zero-order valence-corrected chi connectivity index (χ0v) is 18.7. The Hall–Kier alpha value is -4.33. The first kappa shape index (κ1) is 19.0. The first-order chi connectivity index (χ1) is 17.8. The molecule has 2 saturated heterocycles. The van der Waals surface area contributed by atoms with Crippen LogP contribution in [-0.2, 0) is 19.2 Å². The van der Waals surface area contributed by atoms with Gasteiger partial charge in [0.05, 0.1) is 34.6 Å². The van der Waals surface area contributed by atoms with E-state index in [4.69, 9.17) is 1.37 Å². The van der Waals surface area contributed by atoms with Gasteiger partial charge in [-0.05, 0) is 36.4 Å². The van der Waals surface area contributed by atoms with E-state index in [9.17, 15) is 20.5 Å². The van der Waals surface area contributed by atoms with Crippen LogP contribution < -0.4 is 14.7 Å². The SMILES string of the molecule is [2H]C1C(=O)N(c2ccccc2)C(=O)C1[C@]1([2H])c2ncccc2N(C)[C@H]2C(=O)N(c3ccccc3)C(=O)[C@H]21. The van der Waals surface area contributed by atoms with Crippen molar-refractivity contribution in [2.24, 2.45) is 11.8 Å². The monoisotopic (exact) mass is 468 g/mol. The number of para-hydroxylation sites is 2. The van der Waals surface area contributed by atoms with Crippen LogP contribution in [0.4, 0.5) is 17.1 Å². The van der Waals surface area contributed by atoms with Gasteiger partial charge in [-0.3, -0.25) is 29.1 Å². The largest absolute Gasteiger partial charge is 0.360 e. The van der Waals surface area contributed by atoms with E-state index in [1.807, 2.05) is 0 Å². The molecule has 0 bridgehead atoms. The number of pyridine rings is 1. The zero-order chi connectivity index (χ0) is 26.1. The van der Waals surface area contributed by atoms with Gasteiger partial charge in [-0.1, -0.05) is 36.4 Å². The fourth-order valence-electron chi connectivity index (χ4n) is 5.31. The molecule has 6 rings (SSSR count). The number of carbonyl (C=O) groups excluding carboxylic acids is 4. The number of rotatable bonds is 3. The lowest BCUT2D eigenvalue weighted by Crippen LogP contribution is -2.50. The van der Waals surface area contributed by atoms with Crippen molar-refractivity contribution in [1.82, 2.24) is 4.98 Å². The second-order valence-electron chi connectivity index (χ2n) is 8.70. The fraction of sp³-hybridized carbons (Fsp3) is 0.222. The molecule has 2 unspecified atom stereocenters. The molecule has 0 spiro atoms. The second-order valence-corrected chi connectivity index (χ2v) is 8.70. The standard InChI is InChI=1S/C27H22N4O4/c1-29-19-13-8-14-28-23(19)21(18-15-20(32)30(25(18)33)16-9-4-2-5-10-16)22-24(29)27(35)31(26(22)34)17-11-6-3-7-12-17/h2-14,18,21-22,24H,15H2,1H3/t18?,21-,22-,24+/m0/s1/i15D,21D/t15?,18?,21-,22-,24+. The topological polar surface area (TPSA) is 90.9 Å². The number of hydrogen-bond acceptors (Lipinski definition) is 6. The third-order valence-electron chi connectivity index (χ3n) is 6.85. The lowest BCUT2D eigenvalue weighted by Gasteiger charge is -2.40. The average molecular weight is 469 g/mol. The van der Waals surface area contributed by atoms with E-state index in [2.05, 4.69) is 4.98 Å². The van der Waals surface area contributed by atoms with Crippen LogP contribution in [0.15, 0.2) is 79.0 Å². The summed E-state index contributed by atoms with van der Waals surface area (Å²) in [5.41, 5.74) is 1.13. The summed E-state index contributed by atoms with van der Waals surface area (Å²) in [5, 5.41) is 0. The first-order valence-corrected chi connectivity index (χ1v) is 11.2. The predicted octanol–water partition coefficient (Wildman–Crippen LogP) is 2.75. The van der Waals surface area contributed by atoms with Crippen LogP contribution in [-0.4, -0.2) is 41.7 Å². The third-order valence-corrected chi connectivity index (χ3v) is 6.85. The van der Waals surface area contributed by atoms with Gasteiger partial charge in [0.25, 0.3) is 5.91 Å². The first-order valence-electron chi connectivity index (χ1n) is 12.3. The summed E-state index contributed by atoms with van der Waals surface area (Å²) < 4.78 is 18.5. The summed E-state index contributed by atoms with van der Waals surface area (Å²) in [7, 11) is 1.65. The normalized spacial score (nSPS) is 30.8. The highest BCUT2D eigenvalue weighted by molar-refractivity contribution is 6.26. The quantitative estimate of drug-likeness (QED) is 0.549. The highest BCUT2D eigenvalue weighted by atomic mass is 16.2. The number of amides is 4. The van der Waals surface area contributed by atoms with Crippen molar-refractivity contribution in [3.63, 3.8) is 0 Å². The van der Waals surface area contributed by atoms with Gasteiger partial charge in [0.15, 0.2) is 0 Å². The smallest absolute Gasteiger partial charge is 0.257 e. The second kappa shape index (κ2) is 7.87. The molecule has 3 aromatic rings. The van der Waals surface area contributed by atoms with E-state index in [0.29, 0.717) is 11.4 Å². The van der Waals surface area contributed by atoms with Gasteiger partial charge in [-0.2, -0.15) is 0 Å². The molecular formula is C27H22N4O4. The van der Waals surface area contributed by atoms with Crippen molar-refractivity contribution < 1.29 is 21.9 Å². The zero-order valence-electron chi connectivity index (χ0n) is 20.7. The number of fused-ring (bicyclic) bond motifs is 2. The molecule has 8 heteroatoms. The van der Waals surface area contributed by atoms with E-state index in [1.54, 1.807) is 84.7 Å². The average Bonchev–Trinajstić information content (AvgIpc) is 3.32. The molecule has 4 heterocycles. The van der Waals surface area contributed by atoms with E-state index >= 15 is 0 Å². The molecule has 4 amide bonds. The third kappa shape index (κ3) is 3.02. The molecule has 0 aliphatic carbocycles. The summed E-state index contributed by atoms with van der Waals surface area (Å²) in [5.74, 6) is -7.80. The Morgan fingerprint density at radius 3 is 2.11 bits per heavy atom. The van der Waals surface area contributed by atoms with Gasteiger partial charge in [0.2, 0.25) is 17.7 Å². The summed E-state index contributed by atoms with van der Waals surface area (Å²) in [4.78, 5) is 62.8. The Morgan fingerprint density at radius 1 is 0.829 bits per heavy atom. The number of nitrogens with zero attached hydrogens (tertiary/aromatic N) is 4. The lowest BCUT2D eigenvalue weighted by atomic mass is 9.72. The van der Waals surface area contributed by atoms with Crippen LogP contribution >= 0.6 is 0 Å². The number of aromatic nitrogens is 1. The maximum Gasteiger partial charge on any atom is 0.257 e. The molecule has 35 heavy (non-hydrogen) atoms. The van der Waals surface area contributed by atoms with Gasteiger partial charge in [-0.25, -0.2) is 4.90 Å². The van der Waals surface area contributed by atoms with Crippen LogP contribution in [0.1, 0.15) is 20.7 Å². The number of benzene rings is 2. The van der Waals surface area contributed by atoms with Crippen molar-refractivity contribution in [3.8, 4) is 0 Å². The van der Waals surface area contributed by atoms with Crippen LogP contribution in [0.5, 0.6) is 0 Å². The van der Waals surface area contributed by atoms with E-state index in [-0.39, 0.29) is 11.4 Å². The molecule has 0 radical (unpaired) electrons. The van der Waals surface area contributed by atoms with Crippen LogP contribution in [0, 0.1) is 11.8 Å². The van der Waals surface area contributed by atoms with Crippen molar-refractivity contribution >= 4 is 40.7 Å². The molecule has 2 fully saturated rings. The van der Waals surface area contributed by atoms with Crippen molar-refractivity contribution in [1.29, 1.82) is 0 Å². The van der Waals surface area contributed by atoms with Gasteiger partial charge in [0.1, 0.15) is 6.04 Å². The molecule has 8 nitrogen and oxygen atoms in total. The van der Waals surface area contributed by atoms with E-state index in [0.717, 1.165) is 9.80 Å². The van der Waals surface area contributed by atoms with Gasteiger partial charge in [0, 0.05) is 28.3 Å². The molecule has 2 aromatic carbocycles. The molecule has 0 N–H and O–H groups in total. The fourth-order valence-corrected chi connectivity index (χ4v) is 5.31. The van der Waals surface area contributed by atoms with Crippen LogP contribution in [0.25, 0.3) is 0 Å². The molecule has 5 atom stereocenters. The summed E-state index contributed by atoms with van der Waals surface area (Å²) in [6.07, 6.45) is -0.209.